The molecule has 2 heterocycles. The standard InChI is InChI=1S/C17H16BrN3O2S/c1-21(15(22)6-5-11-3-2-4-12(18)9-11)10-14-19-13-7-8-24-16(13)17(23)20-14/h2-4,7-9H,5-6,10H2,1H3,(H,19,20,23). The Morgan fingerprint density at radius 3 is 3.00 bits per heavy atom. The average molecular weight is 406 g/mol. The number of carbonyl (C=O) groups is 1. The maximum atomic E-state index is 12.3. The van der Waals surface area contributed by atoms with Gasteiger partial charge in [0.05, 0.1) is 12.1 Å². The first-order chi connectivity index (χ1) is 11.5. The first-order valence-corrected chi connectivity index (χ1v) is 9.15. The number of rotatable bonds is 5. The second-order valence-corrected chi connectivity index (χ2v) is 7.36. The fraction of sp³-hybridized carbons (Fsp3) is 0.235. The number of nitrogens with one attached hydrogen (secondary N) is 1. The van der Waals surface area contributed by atoms with Crippen LogP contribution in [0, 0.1) is 0 Å². The molecular weight excluding hydrogens is 390 g/mol. The number of halogens is 1. The van der Waals surface area contributed by atoms with Gasteiger partial charge < -0.3 is 9.88 Å². The van der Waals surface area contributed by atoms with E-state index in [1.807, 2.05) is 35.7 Å². The largest absolute Gasteiger partial charge is 0.338 e. The van der Waals surface area contributed by atoms with Gasteiger partial charge in [-0.2, -0.15) is 0 Å². The van der Waals surface area contributed by atoms with Crippen LogP contribution >= 0.6 is 27.3 Å². The summed E-state index contributed by atoms with van der Waals surface area (Å²) in [5.74, 6) is 0.521. The highest BCUT2D eigenvalue weighted by Crippen LogP contribution is 2.15. The van der Waals surface area contributed by atoms with Crippen molar-refractivity contribution in [3.63, 3.8) is 0 Å². The highest BCUT2D eigenvalue weighted by molar-refractivity contribution is 9.10. The Hall–Kier alpha value is -1.99. The molecule has 0 bridgehead atoms. The van der Waals surface area contributed by atoms with Crippen LogP contribution in [0.2, 0.25) is 0 Å². The molecule has 1 amide bonds. The van der Waals surface area contributed by atoms with Crippen LogP contribution in [0.5, 0.6) is 0 Å². The fourth-order valence-electron chi connectivity index (χ4n) is 2.44. The number of amides is 1. The van der Waals surface area contributed by atoms with Crippen molar-refractivity contribution < 1.29 is 4.79 Å². The normalized spacial score (nSPS) is 10.9. The molecule has 0 aliphatic heterocycles. The molecule has 0 saturated carbocycles. The Morgan fingerprint density at radius 1 is 1.38 bits per heavy atom. The first kappa shape index (κ1) is 16.9. The van der Waals surface area contributed by atoms with Gasteiger partial charge in [0.25, 0.3) is 5.56 Å². The molecule has 124 valence electrons. The van der Waals surface area contributed by atoms with Gasteiger partial charge in [-0.1, -0.05) is 28.1 Å². The maximum absolute atomic E-state index is 12.3. The summed E-state index contributed by atoms with van der Waals surface area (Å²) in [6, 6.07) is 9.74. The molecule has 5 nitrogen and oxygen atoms in total. The molecule has 0 aliphatic rings. The van der Waals surface area contributed by atoms with Gasteiger partial charge in [0, 0.05) is 17.9 Å². The molecule has 1 aromatic carbocycles. The van der Waals surface area contributed by atoms with Crippen molar-refractivity contribution in [2.75, 3.05) is 7.05 Å². The van der Waals surface area contributed by atoms with Crippen LogP contribution in [0.4, 0.5) is 0 Å². The quantitative estimate of drug-likeness (QED) is 0.707. The minimum atomic E-state index is -0.153. The van der Waals surface area contributed by atoms with E-state index in [1.54, 1.807) is 11.9 Å². The number of nitrogens with zero attached hydrogens (tertiary/aromatic N) is 2. The number of carbonyl (C=O) groups excluding carboxylic acids is 1. The lowest BCUT2D eigenvalue weighted by molar-refractivity contribution is -0.130. The molecule has 0 atom stereocenters. The van der Waals surface area contributed by atoms with Crippen molar-refractivity contribution in [1.82, 2.24) is 14.9 Å². The lowest BCUT2D eigenvalue weighted by Gasteiger charge is -2.16. The summed E-state index contributed by atoms with van der Waals surface area (Å²) in [5.41, 5.74) is 1.63. The number of benzene rings is 1. The number of aryl methyl sites for hydroxylation is 1. The van der Waals surface area contributed by atoms with Gasteiger partial charge >= 0.3 is 0 Å². The molecule has 7 heteroatoms. The molecule has 3 rings (SSSR count). The van der Waals surface area contributed by atoms with Crippen LogP contribution in [0.3, 0.4) is 0 Å². The van der Waals surface area contributed by atoms with E-state index in [4.69, 9.17) is 0 Å². The van der Waals surface area contributed by atoms with E-state index >= 15 is 0 Å². The average Bonchev–Trinajstić information content (AvgIpc) is 3.01. The zero-order chi connectivity index (χ0) is 17.1. The topological polar surface area (TPSA) is 66.1 Å². The van der Waals surface area contributed by atoms with Crippen LogP contribution in [0.25, 0.3) is 10.2 Å². The van der Waals surface area contributed by atoms with E-state index in [1.165, 1.54) is 11.3 Å². The zero-order valence-corrected chi connectivity index (χ0v) is 15.5. The van der Waals surface area contributed by atoms with Crippen LogP contribution in [-0.4, -0.2) is 27.8 Å². The molecule has 0 radical (unpaired) electrons. The number of aromatic nitrogens is 2. The van der Waals surface area contributed by atoms with Gasteiger partial charge in [-0.15, -0.1) is 11.3 Å². The number of aromatic amines is 1. The second kappa shape index (κ2) is 7.27. The number of H-pyrrole nitrogens is 1. The molecule has 0 saturated heterocycles. The molecule has 24 heavy (non-hydrogen) atoms. The molecule has 0 fully saturated rings. The predicted octanol–water partition coefficient (Wildman–Crippen LogP) is 3.34. The lowest BCUT2D eigenvalue weighted by atomic mass is 10.1. The van der Waals surface area contributed by atoms with E-state index in [0.717, 1.165) is 10.0 Å². The van der Waals surface area contributed by atoms with E-state index in [2.05, 4.69) is 25.9 Å². The van der Waals surface area contributed by atoms with Gasteiger partial charge in [-0.3, -0.25) is 9.59 Å². The summed E-state index contributed by atoms with van der Waals surface area (Å²) in [7, 11) is 1.72. The van der Waals surface area contributed by atoms with Crippen LogP contribution in [-0.2, 0) is 17.8 Å². The third kappa shape index (κ3) is 3.91. The first-order valence-electron chi connectivity index (χ1n) is 7.48. The highest BCUT2D eigenvalue weighted by Gasteiger charge is 2.12. The van der Waals surface area contributed by atoms with Crippen molar-refractivity contribution in [3.8, 4) is 0 Å². The van der Waals surface area contributed by atoms with Gasteiger partial charge in [0.1, 0.15) is 10.5 Å². The molecule has 0 unspecified atom stereocenters. The summed E-state index contributed by atoms with van der Waals surface area (Å²) in [4.78, 5) is 33.0. The molecular formula is C17H16BrN3O2S. The van der Waals surface area contributed by atoms with E-state index in [0.29, 0.717) is 35.4 Å². The number of thiophene rings is 1. The number of hydrogen-bond donors (Lipinski definition) is 1. The Bertz CT molecular complexity index is 935. The molecule has 0 spiro atoms. The van der Waals surface area contributed by atoms with E-state index < -0.39 is 0 Å². The summed E-state index contributed by atoms with van der Waals surface area (Å²) in [6.45, 7) is 0.290. The molecule has 1 N–H and O–H groups in total. The molecule has 0 aliphatic carbocycles. The fourth-order valence-corrected chi connectivity index (χ4v) is 3.62. The monoisotopic (exact) mass is 405 g/mol. The SMILES string of the molecule is CN(Cc1nc2ccsc2c(=O)[nH]1)C(=O)CCc1cccc(Br)c1. The smallest absolute Gasteiger partial charge is 0.268 e. The van der Waals surface area contributed by atoms with Crippen LogP contribution in [0.15, 0.2) is 45.0 Å². The summed E-state index contributed by atoms with van der Waals surface area (Å²) in [6.07, 6.45) is 1.09. The van der Waals surface area contributed by atoms with Crippen molar-refractivity contribution in [1.29, 1.82) is 0 Å². The Morgan fingerprint density at radius 2 is 2.21 bits per heavy atom. The van der Waals surface area contributed by atoms with Crippen molar-refractivity contribution in [3.05, 3.63) is 61.9 Å². The number of hydrogen-bond acceptors (Lipinski definition) is 4. The highest BCUT2D eigenvalue weighted by atomic mass is 79.9. The number of fused-ring (bicyclic) bond motifs is 1. The predicted molar refractivity (Wildman–Crippen MR) is 99.2 cm³/mol. The lowest BCUT2D eigenvalue weighted by Crippen LogP contribution is -2.28. The van der Waals surface area contributed by atoms with Gasteiger partial charge in [0.15, 0.2) is 0 Å². The van der Waals surface area contributed by atoms with Gasteiger partial charge in [0.2, 0.25) is 5.91 Å². The minimum absolute atomic E-state index is 0.0167. The van der Waals surface area contributed by atoms with Crippen LogP contribution in [0.1, 0.15) is 17.8 Å². The van der Waals surface area contributed by atoms with Crippen molar-refractivity contribution >= 4 is 43.4 Å². The third-order valence-electron chi connectivity index (χ3n) is 3.69. The van der Waals surface area contributed by atoms with E-state index in [-0.39, 0.29) is 11.5 Å². The van der Waals surface area contributed by atoms with Gasteiger partial charge in [-0.25, -0.2) is 4.98 Å². The Kier molecular flexibility index (Phi) is 5.11. The maximum Gasteiger partial charge on any atom is 0.268 e. The third-order valence-corrected chi connectivity index (χ3v) is 5.09. The Balaban J connectivity index is 1.63. The van der Waals surface area contributed by atoms with Crippen LogP contribution < -0.4 is 5.56 Å². The van der Waals surface area contributed by atoms with Crippen molar-refractivity contribution in [2.24, 2.45) is 0 Å². The summed E-state index contributed by atoms with van der Waals surface area (Å²) >= 11 is 4.79. The minimum Gasteiger partial charge on any atom is -0.338 e. The zero-order valence-electron chi connectivity index (χ0n) is 13.1. The van der Waals surface area contributed by atoms with Crippen molar-refractivity contribution in [2.45, 2.75) is 19.4 Å². The Labute approximate surface area is 151 Å². The molecule has 3 aromatic rings. The molecule has 2 aromatic heterocycles. The summed E-state index contributed by atoms with van der Waals surface area (Å²) < 4.78 is 1.62. The second-order valence-electron chi connectivity index (χ2n) is 5.53. The van der Waals surface area contributed by atoms with Gasteiger partial charge in [-0.05, 0) is 35.6 Å². The summed E-state index contributed by atoms with van der Waals surface area (Å²) in [5, 5.41) is 1.84. The van der Waals surface area contributed by atoms with E-state index in [9.17, 15) is 9.59 Å².